The van der Waals surface area contributed by atoms with Gasteiger partial charge in [-0.15, -0.1) is 4.72 Å². The minimum Gasteiger partial charge on any atom is -0.598 e. The van der Waals surface area contributed by atoms with E-state index in [1.165, 1.54) is 6.20 Å². The van der Waals surface area contributed by atoms with E-state index >= 15 is 4.39 Å². The summed E-state index contributed by atoms with van der Waals surface area (Å²) in [6.07, 6.45) is 5.57. The van der Waals surface area contributed by atoms with Crippen LogP contribution in [0.2, 0.25) is 0 Å². The van der Waals surface area contributed by atoms with Crippen molar-refractivity contribution in [3.05, 3.63) is 53.7 Å². The second-order valence-electron chi connectivity index (χ2n) is 9.50. The molecular formula is C24H27FN4OS. The molecule has 1 saturated carbocycles. The van der Waals surface area contributed by atoms with E-state index in [-0.39, 0.29) is 22.5 Å². The number of nitrogens with zero attached hydrogens (tertiary/aromatic N) is 3. The van der Waals surface area contributed by atoms with E-state index in [0.717, 1.165) is 35.9 Å². The van der Waals surface area contributed by atoms with Gasteiger partial charge in [-0.3, -0.25) is 0 Å². The van der Waals surface area contributed by atoms with Gasteiger partial charge in [0.25, 0.3) is 0 Å². The molecular weight excluding hydrogens is 411 g/mol. The molecule has 162 valence electrons. The van der Waals surface area contributed by atoms with Gasteiger partial charge in [-0.2, -0.15) is 5.26 Å². The maximum Gasteiger partial charge on any atom is 0.140 e. The lowest BCUT2D eigenvalue weighted by Crippen LogP contribution is -2.29. The molecule has 0 bridgehead atoms. The second kappa shape index (κ2) is 8.27. The maximum absolute atomic E-state index is 15.2. The third-order valence-corrected chi connectivity index (χ3v) is 7.08. The molecule has 2 aromatic heterocycles. The van der Waals surface area contributed by atoms with Crippen molar-refractivity contribution in [3.63, 3.8) is 0 Å². The van der Waals surface area contributed by atoms with Crippen LogP contribution in [0, 0.1) is 22.6 Å². The number of fused-ring (bicyclic) bond motifs is 1. The minimum atomic E-state index is -1.07. The topological polar surface area (TPSA) is 76.7 Å². The van der Waals surface area contributed by atoms with Crippen LogP contribution in [0.15, 0.2) is 36.7 Å². The van der Waals surface area contributed by atoms with Gasteiger partial charge in [-0.25, -0.2) is 9.37 Å². The van der Waals surface area contributed by atoms with Gasteiger partial charge in [0.1, 0.15) is 22.8 Å². The summed E-state index contributed by atoms with van der Waals surface area (Å²) in [5, 5.41) is 10.0. The standard InChI is InChI=1S/C24H27FN4OS/c1-15(28-31(30)18-7-8-18)21-13-29(14-24(2,3)4)23-10-19(22(25)9-20(21)23)16-5-6-17(11-26)27-12-16/h5-6,9-10,12-13,15,18,28H,7-8,14H2,1-4H3. The molecule has 2 atom stereocenters. The Labute approximate surface area is 185 Å². The lowest BCUT2D eigenvalue weighted by Gasteiger charge is -2.20. The number of hydrogen-bond acceptors (Lipinski definition) is 4. The highest BCUT2D eigenvalue weighted by Gasteiger charge is 2.36. The van der Waals surface area contributed by atoms with Crippen LogP contribution < -0.4 is 4.72 Å². The van der Waals surface area contributed by atoms with Gasteiger partial charge in [0.2, 0.25) is 0 Å². The molecule has 1 fully saturated rings. The molecule has 3 aromatic rings. The Balaban J connectivity index is 1.80. The van der Waals surface area contributed by atoms with E-state index < -0.39 is 11.4 Å². The van der Waals surface area contributed by atoms with Crippen LogP contribution in [0.25, 0.3) is 22.0 Å². The predicted molar refractivity (Wildman–Crippen MR) is 122 cm³/mol. The summed E-state index contributed by atoms with van der Waals surface area (Å²) in [7, 11) is 0. The van der Waals surface area contributed by atoms with Crippen molar-refractivity contribution in [1.29, 1.82) is 5.26 Å². The number of rotatable bonds is 6. The fourth-order valence-electron chi connectivity index (χ4n) is 3.78. The third-order valence-electron chi connectivity index (χ3n) is 5.42. The quantitative estimate of drug-likeness (QED) is 0.534. The maximum atomic E-state index is 15.2. The normalized spacial score (nSPS) is 16.3. The largest absolute Gasteiger partial charge is 0.598 e. The Morgan fingerprint density at radius 1 is 1.35 bits per heavy atom. The number of aromatic nitrogens is 2. The molecule has 31 heavy (non-hydrogen) atoms. The highest BCUT2D eigenvalue weighted by molar-refractivity contribution is 7.90. The van der Waals surface area contributed by atoms with Gasteiger partial charge >= 0.3 is 0 Å². The average Bonchev–Trinajstić information content (AvgIpc) is 3.51. The Bertz CT molecular complexity index is 1140. The van der Waals surface area contributed by atoms with Gasteiger partial charge in [0, 0.05) is 65.2 Å². The molecule has 1 aliphatic carbocycles. The molecule has 5 nitrogen and oxygen atoms in total. The molecule has 0 radical (unpaired) electrons. The van der Waals surface area contributed by atoms with Gasteiger partial charge in [-0.1, -0.05) is 20.8 Å². The number of nitrogens with one attached hydrogen (secondary N) is 1. The fourth-order valence-corrected chi connectivity index (χ4v) is 5.01. The zero-order valence-corrected chi connectivity index (χ0v) is 19.1. The lowest BCUT2D eigenvalue weighted by atomic mass is 9.97. The van der Waals surface area contributed by atoms with Crippen molar-refractivity contribution in [2.45, 2.75) is 58.4 Å². The van der Waals surface area contributed by atoms with E-state index in [0.29, 0.717) is 16.8 Å². The summed E-state index contributed by atoms with van der Waals surface area (Å²) in [6, 6.07) is 8.56. The van der Waals surface area contributed by atoms with Crippen LogP contribution in [0.3, 0.4) is 0 Å². The zero-order chi connectivity index (χ0) is 22.3. The highest BCUT2D eigenvalue weighted by atomic mass is 32.2. The molecule has 0 aliphatic heterocycles. The van der Waals surface area contributed by atoms with E-state index in [1.54, 1.807) is 18.2 Å². The molecule has 2 heterocycles. The molecule has 4 rings (SSSR count). The van der Waals surface area contributed by atoms with E-state index in [4.69, 9.17) is 5.26 Å². The van der Waals surface area contributed by atoms with Crippen LogP contribution >= 0.6 is 0 Å². The molecule has 1 aliphatic rings. The monoisotopic (exact) mass is 438 g/mol. The van der Waals surface area contributed by atoms with Gasteiger partial charge < -0.3 is 9.12 Å². The summed E-state index contributed by atoms with van der Waals surface area (Å²) < 4.78 is 33.0. The fraction of sp³-hybridized carbons (Fsp3) is 0.417. The number of pyridine rings is 1. The molecule has 1 aromatic carbocycles. The lowest BCUT2D eigenvalue weighted by molar-refractivity contribution is 0.349. The Hall–Kier alpha value is -2.40. The smallest absolute Gasteiger partial charge is 0.140 e. The van der Waals surface area contributed by atoms with Crippen LogP contribution in [0.5, 0.6) is 0 Å². The minimum absolute atomic E-state index is 0.0290. The van der Waals surface area contributed by atoms with Gasteiger partial charge in [-0.05, 0) is 42.2 Å². The van der Waals surface area contributed by atoms with Crippen molar-refractivity contribution >= 4 is 22.3 Å². The van der Waals surface area contributed by atoms with Gasteiger partial charge in [0.05, 0.1) is 6.04 Å². The molecule has 0 spiro atoms. The Morgan fingerprint density at radius 2 is 2.10 bits per heavy atom. The third kappa shape index (κ3) is 4.77. The number of benzene rings is 1. The molecule has 0 saturated heterocycles. The Morgan fingerprint density at radius 3 is 2.68 bits per heavy atom. The molecule has 7 heteroatoms. The highest BCUT2D eigenvalue weighted by Crippen LogP contribution is 2.35. The zero-order valence-electron chi connectivity index (χ0n) is 18.3. The van der Waals surface area contributed by atoms with E-state index in [2.05, 4.69) is 41.2 Å². The molecule has 0 amide bonds. The second-order valence-corrected chi connectivity index (χ2v) is 11.0. The first-order valence-electron chi connectivity index (χ1n) is 10.5. The first-order valence-corrected chi connectivity index (χ1v) is 11.7. The number of nitriles is 1. The number of halogens is 1. The summed E-state index contributed by atoms with van der Waals surface area (Å²) in [6.45, 7) is 9.23. The van der Waals surface area contributed by atoms with E-state index in [1.807, 2.05) is 19.1 Å². The van der Waals surface area contributed by atoms with Crippen LogP contribution in [0.1, 0.15) is 57.8 Å². The summed E-state index contributed by atoms with van der Waals surface area (Å²) in [5.74, 6) is -0.343. The first kappa shape index (κ1) is 21.8. The molecule has 1 N–H and O–H groups in total. The summed E-state index contributed by atoms with van der Waals surface area (Å²) in [5.41, 5.74) is 3.28. The van der Waals surface area contributed by atoms with Gasteiger partial charge in [0.15, 0.2) is 0 Å². The van der Waals surface area contributed by atoms with Crippen molar-refractivity contribution < 1.29 is 8.94 Å². The SMILES string of the molecule is CC(N[S+]([O-])C1CC1)c1cn(CC(C)(C)C)c2cc(-c3ccc(C#N)nc3)c(F)cc12. The van der Waals surface area contributed by atoms with Crippen molar-refractivity contribution in [2.24, 2.45) is 5.41 Å². The van der Waals surface area contributed by atoms with Crippen LogP contribution in [0.4, 0.5) is 4.39 Å². The van der Waals surface area contributed by atoms with Crippen LogP contribution in [-0.2, 0) is 17.9 Å². The predicted octanol–water partition coefficient (Wildman–Crippen LogP) is 5.24. The summed E-state index contributed by atoms with van der Waals surface area (Å²) in [4.78, 5) is 4.09. The van der Waals surface area contributed by atoms with E-state index in [9.17, 15) is 4.55 Å². The number of hydrogen-bond donors (Lipinski definition) is 1. The summed E-state index contributed by atoms with van der Waals surface area (Å²) >= 11 is -1.07. The van der Waals surface area contributed by atoms with Crippen molar-refractivity contribution in [3.8, 4) is 17.2 Å². The first-order chi connectivity index (χ1) is 14.7. The van der Waals surface area contributed by atoms with Crippen molar-refractivity contribution in [1.82, 2.24) is 14.3 Å². The Kier molecular flexibility index (Phi) is 5.82. The van der Waals surface area contributed by atoms with Crippen LogP contribution in [-0.4, -0.2) is 19.4 Å². The average molecular weight is 439 g/mol. The van der Waals surface area contributed by atoms with Crippen molar-refractivity contribution in [2.75, 3.05) is 0 Å². The molecule has 2 unspecified atom stereocenters.